The number of carbonyl (C=O) groups is 1. The van der Waals surface area contributed by atoms with Gasteiger partial charge in [-0.15, -0.1) is 0 Å². The third kappa shape index (κ3) is 4.54. The summed E-state index contributed by atoms with van der Waals surface area (Å²) < 4.78 is 39.6. The van der Waals surface area contributed by atoms with Gasteiger partial charge in [-0.1, -0.05) is 30.3 Å². The number of hydrogen-bond donors (Lipinski definition) is 2. The Hall–Kier alpha value is -2.80. The van der Waals surface area contributed by atoms with Gasteiger partial charge < -0.3 is 15.0 Å². The van der Waals surface area contributed by atoms with Crippen LogP contribution in [0, 0.1) is 0 Å². The van der Waals surface area contributed by atoms with Crippen molar-refractivity contribution in [1.82, 2.24) is 9.88 Å². The SMILES string of the molecule is Cn1cc([C@@H](O)CNC(=O)CCc2ccc(C(F)(F)F)cc2)c2ccccc21. The van der Waals surface area contributed by atoms with Crippen LogP contribution in [0.25, 0.3) is 10.9 Å². The third-order valence-electron chi connectivity index (χ3n) is 4.70. The average molecular weight is 390 g/mol. The summed E-state index contributed by atoms with van der Waals surface area (Å²) in [6.45, 7) is 0.0693. The first-order chi connectivity index (χ1) is 13.3. The largest absolute Gasteiger partial charge is 0.416 e. The Bertz CT molecular complexity index is 962. The van der Waals surface area contributed by atoms with Gasteiger partial charge >= 0.3 is 6.18 Å². The van der Waals surface area contributed by atoms with Gasteiger partial charge in [-0.05, 0) is 30.2 Å². The Morgan fingerprint density at radius 2 is 1.82 bits per heavy atom. The molecule has 1 heterocycles. The summed E-state index contributed by atoms with van der Waals surface area (Å²) in [4.78, 5) is 12.0. The molecule has 0 saturated heterocycles. The highest BCUT2D eigenvalue weighted by Gasteiger charge is 2.29. The summed E-state index contributed by atoms with van der Waals surface area (Å²) >= 11 is 0. The second kappa shape index (κ2) is 8.06. The normalized spacial score (nSPS) is 12.9. The Morgan fingerprint density at radius 3 is 2.50 bits per heavy atom. The summed E-state index contributed by atoms with van der Waals surface area (Å²) in [5.74, 6) is -0.265. The highest BCUT2D eigenvalue weighted by Crippen LogP contribution is 2.29. The molecule has 0 bridgehead atoms. The fraction of sp³-hybridized carbons (Fsp3) is 0.286. The van der Waals surface area contributed by atoms with Crippen molar-refractivity contribution in [2.24, 2.45) is 7.05 Å². The van der Waals surface area contributed by atoms with Gasteiger partial charge in [0.1, 0.15) is 0 Å². The lowest BCUT2D eigenvalue weighted by molar-refractivity contribution is -0.137. The first-order valence-corrected chi connectivity index (χ1v) is 8.90. The number of alkyl halides is 3. The number of aromatic nitrogens is 1. The molecule has 0 spiro atoms. The van der Waals surface area contributed by atoms with E-state index in [0.29, 0.717) is 12.0 Å². The molecule has 7 heteroatoms. The Morgan fingerprint density at radius 1 is 1.14 bits per heavy atom. The lowest BCUT2D eigenvalue weighted by Crippen LogP contribution is -2.28. The minimum Gasteiger partial charge on any atom is -0.386 e. The van der Waals surface area contributed by atoms with E-state index in [2.05, 4.69) is 5.32 Å². The zero-order chi connectivity index (χ0) is 20.3. The van der Waals surface area contributed by atoms with Crippen LogP contribution >= 0.6 is 0 Å². The molecule has 0 fully saturated rings. The number of nitrogens with zero attached hydrogens (tertiary/aromatic N) is 1. The molecule has 0 aliphatic rings. The van der Waals surface area contributed by atoms with Crippen LogP contribution in [-0.4, -0.2) is 22.1 Å². The van der Waals surface area contributed by atoms with Gasteiger partial charge in [0.2, 0.25) is 5.91 Å². The molecular weight excluding hydrogens is 369 g/mol. The van der Waals surface area contributed by atoms with E-state index >= 15 is 0 Å². The van der Waals surface area contributed by atoms with Gasteiger partial charge in [-0.2, -0.15) is 13.2 Å². The molecule has 3 aromatic rings. The molecule has 3 rings (SSSR count). The Labute approximate surface area is 160 Å². The minimum absolute atomic E-state index is 0.0693. The number of fused-ring (bicyclic) bond motifs is 1. The molecule has 1 atom stereocenters. The number of carbonyl (C=O) groups excluding carboxylic acids is 1. The molecule has 0 aliphatic heterocycles. The standard InChI is InChI=1S/C21H21F3N2O2/c1-26-13-17(16-4-2-3-5-18(16)26)19(27)12-25-20(28)11-8-14-6-9-15(10-7-14)21(22,23)24/h2-7,9-10,13,19,27H,8,11-12H2,1H3,(H,25,28)/t19-/m0/s1. The number of rotatable bonds is 6. The first-order valence-electron chi connectivity index (χ1n) is 8.90. The van der Waals surface area contributed by atoms with E-state index in [1.54, 1.807) is 0 Å². The highest BCUT2D eigenvalue weighted by molar-refractivity contribution is 5.84. The molecule has 1 amide bonds. The zero-order valence-electron chi connectivity index (χ0n) is 15.3. The maximum atomic E-state index is 12.6. The number of nitrogens with one attached hydrogen (secondary N) is 1. The zero-order valence-corrected chi connectivity index (χ0v) is 15.3. The van der Waals surface area contributed by atoms with Gasteiger partial charge in [-0.3, -0.25) is 4.79 Å². The topological polar surface area (TPSA) is 54.3 Å². The van der Waals surface area contributed by atoms with E-state index in [-0.39, 0.29) is 18.9 Å². The second-order valence-electron chi connectivity index (χ2n) is 6.73. The fourth-order valence-corrected chi connectivity index (χ4v) is 3.17. The average Bonchev–Trinajstić information content (AvgIpc) is 3.01. The van der Waals surface area contributed by atoms with Gasteiger partial charge in [-0.25, -0.2) is 0 Å². The molecule has 4 nitrogen and oxygen atoms in total. The smallest absolute Gasteiger partial charge is 0.386 e. The summed E-state index contributed by atoms with van der Waals surface area (Å²) in [5, 5.41) is 14.0. The summed E-state index contributed by atoms with van der Waals surface area (Å²) in [6.07, 6.45) is -2.92. The van der Waals surface area contributed by atoms with Crippen LogP contribution in [0.5, 0.6) is 0 Å². The highest BCUT2D eigenvalue weighted by atomic mass is 19.4. The Balaban J connectivity index is 1.52. The van der Waals surface area contributed by atoms with Crippen molar-refractivity contribution in [3.05, 3.63) is 71.4 Å². The number of aliphatic hydroxyl groups is 1. The number of halogens is 3. The minimum atomic E-state index is -4.37. The molecule has 0 radical (unpaired) electrons. The van der Waals surface area contributed by atoms with Crippen LogP contribution in [0.4, 0.5) is 13.2 Å². The molecule has 2 N–H and O–H groups in total. The molecule has 0 aliphatic carbocycles. The van der Waals surface area contributed by atoms with E-state index in [9.17, 15) is 23.1 Å². The third-order valence-corrected chi connectivity index (χ3v) is 4.70. The lowest BCUT2D eigenvalue weighted by Gasteiger charge is -2.12. The van der Waals surface area contributed by atoms with Crippen LogP contribution in [0.15, 0.2) is 54.7 Å². The van der Waals surface area contributed by atoms with Crippen molar-refractivity contribution in [2.75, 3.05) is 6.54 Å². The van der Waals surface area contributed by atoms with E-state index in [4.69, 9.17) is 0 Å². The van der Waals surface area contributed by atoms with Crippen molar-refractivity contribution in [3.8, 4) is 0 Å². The van der Waals surface area contributed by atoms with Crippen LogP contribution < -0.4 is 5.32 Å². The molecule has 0 saturated carbocycles. The van der Waals surface area contributed by atoms with Crippen molar-refractivity contribution in [2.45, 2.75) is 25.1 Å². The maximum absolute atomic E-state index is 12.6. The molecule has 2 aromatic carbocycles. The summed E-state index contributed by atoms with van der Waals surface area (Å²) in [5.41, 5.74) is 1.67. The van der Waals surface area contributed by atoms with Crippen molar-refractivity contribution in [1.29, 1.82) is 0 Å². The predicted molar refractivity (Wildman–Crippen MR) is 101 cm³/mol. The van der Waals surface area contributed by atoms with Crippen molar-refractivity contribution < 1.29 is 23.1 Å². The number of aliphatic hydroxyl groups excluding tert-OH is 1. The predicted octanol–water partition coefficient (Wildman–Crippen LogP) is 3.98. The first kappa shape index (κ1) is 19.9. The van der Waals surface area contributed by atoms with Crippen molar-refractivity contribution >= 4 is 16.8 Å². The van der Waals surface area contributed by atoms with Gasteiger partial charge in [0, 0.05) is 42.7 Å². The summed E-state index contributed by atoms with van der Waals surface area (Å²) in [6, 6.07) is 12.5. The van der Waals surface area contributed by atoms with Gasteiger partial charge in [0.05, 0.1) is 11.7 Å². The molecule has 148 valence electrons. The van der Waals surface area contributed by atoms with Crippen LogP contribution in [-0.2, 0) is 24.4 Å². The Kier molecular flexibility index (Phi) is 5.74. The van der Waals surface area contributed by atoms with Crippen LogP contribution in [0.3, 0.4) is 0 Å². The fourth-order valence-electron chi connectivity index (χ4n) is 3.17. The molecule has 1 aromatic heterocycles. The number of aryl methyl sites for hydroxylation is 2. The molecule has 0 unspecified atom stereocenters. The summed E-state index contributed by atoms with van der Waals surface area (Å²) in [7, 11) is 1.89. The van der Waals surface area contributed by atoms with E-state index in [1.807, 2.05) is 42.1 Å². The van der Waals surface area contributed by atoms with E-state index in [1.165, 1.54) is 12.1 Å². The number of benzene rings is 2. The molecule has 28 heavy (non-hydrogen) atoms. The van der Waals surface area contributed by atoms with E-state index < -0.39 is 17.8 Å². The van der Waals surface area contributed by atoms with Gasteiger partial charge in [0.15, 0.2) is 0 Å². The molecular formula is C21H21F3N2O2. The number of amides is 1. The number of para-hydroxylation sites is 1. The maximum Gasteiger partial charge on any atom is 0.416 e. The quantitative estimate of drug-likeness (QED) is 0.669. The van der Waals surface area contributed by atoms with Gasteiger partial charge in [0.25, 0.3) is 0 Å². The monoisotopic (exact) mass is 390 g/mol. The van der Waals surface area contributed by atoms with E-state index in [0.717, 1.165) is 28.6 Å². The lowest BCUT2D eigenvalue weighted by atomic mass is 10.1. The van der Waals surface area contributed by atoms with Crippen LogP contribution in [0.2, 0.25) is 0 Å². The van der Waals surface area contributed by atoms with Crippen LogP contribution in [0.1, 0.15) is 29.2 Å². The number of hydrogen-bond acceptors (Lipinski definition) is 2. The van der Waals surface area contributed by atoms with Crippen molar-refractivity contribution in [3.63, 3.8) is 0 Å². The second-order valence-corrected chi connectivity index (χ2v) is 6.73.